The van der Waals surface area contributed by atoms with Gasteiger partial charge in [-0.1, -0.05) is 30.7 Å². The Bertz CT molecular complexity index is 961. The maximum absolute atomic E-state index is 13.1. The molecular formula is C21H22ClN3O4. The summed E-state index contributed by atoms with van der Waals surface area (Å²) in [5.74, 6) is -0.287. The fraction of sp³-hybridized carbons (Fsp3) is 0.286. The highest BCUT2D eigenvalue weighted by Gasteiger charge is 2.51. The molecule has 0 radical (unpaired) electrons. The number of nitrogens with zero attached hydrogens (tertiary/aromatic N) is 1. The van der Waals surface area contributed by atoms with Crippen LogP contribution in [0.25, 0.3) is 0 Å². The number of carbonyl (C=O) groups is 3. The van der Waals surface area contributed by atoms with Gasteiger partial charge < -0.3 is 15.4 Å². The monoisotopic (exact) mass is 415 g/mol. The van der Waals surface area contributed by atoms with Crippen molar-refractivity contribution in [3.05, 3.63) is 58.6 Å². The van der Waals surface area contributed by atoms with Crippen LogP contribution in [-0.2, 0) is 15.1 Å². The number of ether oxygens (including phenoxy) is 1. The van der Waals surface area contributed by atoms with Crippen LogP contribution in [0.3, 0.4) is 0 Å². The molecule has 0 unspecified atom stereocenters. The van der Waals surface area contributed by atoms with Gasteiger partial charge in [-0.05, 0) is 54.8 Å². The maximum atomic E-state index is 13.1. The van der Waals surface area contributed by atoms with Gasteiger partial charge in [0.25, 0.3) is 5.91 Å². The molecule has 8 heteroatoms. The van der Waals surface area contributed by atoms with Crippen LogP contribution >= 0.6 is 11.6 Å². The van der Waals surface area contributed by atoms with Gasteiger partial charge in [-0.2, -0.15) is 0 Å². The fourth-order valence-corrected chi connectivity index (χ4v) is 3.61. The first-order valence-electron chi connectivity index (χ1n) is 9.15. The molecule has 1 saturated heterocycles. The molecule has 1 fully saturated rings. The number of benzene rings is 2. The minimum Gasteiger partial charge on any atom is -0.497 e. The molecule has 29 heavy (non-hydrogen) atoms. The molecule has 0 spiro atoms. The van der Waals surface area contributed by atoms with E-state index in [4.69, 9.17) is 16.3 Å². The van der Waals surface area contributed by atoms with Crippen molar-refractivity contribution < 1.29 is 19.1 Å². The number of imide groups is 1. The SMILES string of the molecule is CC[C@]1(c2ccc(OC)cc2)NC(=O)N(CC(=O)Nc2ccc(Cl)cc2C)C1=O. The lowest BCUT2D eigenvalue weighted by atomic mass is 9.87. The quantitative estimate of drug-likeness (QED) is 0.707. The Morgan fingerprint density at radius 1 is 1.21 bits per heavy atom. The molecule has 2 aromatic carbocycles. The van der Waals surface area contributed by atoms with Crippen molar-refractivity contribution in [3.63, 3.8) is 0 Å². The number of halogens is 1. The van der Waals surface area contributed by atoms with Gasteiger partial charge in [-0.25, -0.2) is 4.79 Å². The van der Waals surface area contributed by atoms with Crippen LogP contribution in [0.1, 0.15) is 24.5 Å². The zero-order chi connectivity index (χ0) is 21.2. The molecule has 3 rings (SSSR count). The Morgan fingerprint density at radius 3 is 2.48 bits per heavy atom. The number of anilines is 1. The number of nitrogens with one attached hydrogen (secondary N) is 2. The Morgan fingerprint density at radius 2 is 1.90 bits per heavy atom. The molecule has 0 saturated carbocycles. The molecule has 0 bridgehead atoms. The normalized spacial score (nSPS) is 18.6. The molecule has 152 valence electrons. The van der Waals surface area contributed by atoms with E-state index in [1.54, 1.807) is 56.5 Å². The van der Waals surface area contributed by atoms with Gasteiger partial charge in [0.15, 0.2) is 0 Å². The number of hydrogen-bond acceptors (Lipinski definition) is 4. The summed E-state index contributed by atoms with van der Waals surface area (Å²) in [6.07, 6.45) is 0.346. The summed E-state index contributed by atoms with van der Waals surface area (Å²) in [5.41, 5.74) is 0.781. The summed E-state index contributed by atoms with van der Waals surface area (Å²) in [4.78, 5) is 39.1. The summed E-state index contributed by atoms with van der Waals surface area (Å²) in [6.45, 7) is 3.23. The van der Waals surface area contributed by atoms with Gasteiger partial charge in [0.2, 0.25) is 5.91 Å². The lowest BCUT2D eigenvalue weighted by Crippen LogP contribution is -2.44. The Kier molecular flexibility index (Phi) is 5.79. The molecule has 7 nitrogen and oxygen atoms in total. The smallest absolute Gasteiger partial charge is 0.325 e. The molecule has 0 aliphatic carbocycles. The van der Waals surface area contributed by atoms with E-state index in [9.17, 15) is 14.4 Å². The molecule has 2 aromatic rings. The van der Waals surface area contributed by atoms with Crippen LogP contribution in [0, 0.1) is 6.92 Å². The van der Waals surface area contributed by atoms with E-state index in [0.717, 1.165) is 10.5 Å². The molecule has 2 N–H and O–H groups in total. The summed E-state index contributed by atoms with van der Waals surface area (Å²) in [5, 5.41) is 6.03. The number of urea groups is 1. The third-order valence-corrected chi connectivity index (χ3v) is 5.29. The van der Waals surface area contributed by atoms with E-state index in [0.29, 0.717) is 28.4 Å². The first-order chi connectivity index (χ1) is 13.8. The zero-order valence-electron chi connectivity index (χ0n) is 16.4. The highest BCUT2D eigenvalue weighted by Crippen LogP contribution is 2.33. The Labute approximate surface area is 174 Å². The van der Waals surface area contributed by atoms with Crippen LogP contribution < -0.4 is 15.4 Å². The first-order valence-corrected chi connectivity index (χ1v) is 9.53. The lowest BCUT2D eigenvalue weighted by Gasteiger charge is -2.26. The van der Waals surface area contributed by atoms with Gasteiger partial charge in [0.05, 0.1) is 7.11 Å². The van der Waals surface area contributed by atoms with Gasteiger partial charge in [0.1, 0.15) is 17.8 Å². The third kappa shape index (κ3) is 3.91. The van der Waals surface area contributed by atoms with Gasteiger partial charge in [0, 0.05) is 10.7 Å². The van der Waals surface area contributed by atoms with E-state index < -0.39 is 23.4 Å². The topological polar surface area (TPSA) is 87.7 Å². The fourth-order valence-electron chi connectivity index (χ4n) is 3.39. The van der Waals surface area contributed by atoms with Crippen LogP contribution in [0.4, 0.5) is 10.5 Å². The standard InChI is InChI=1S/C21H22ClN3O4/c1-4-21(14-5-8-16(29-3)9-6-14)19(27)25(20(28)24-21)12-18(26)23-17-10-7-15(22)11-13(17)2/h5-11H,4,12H2,1-3H3,(H,23,26)(H,24,28)/t21-/m1/s1. The number of hydrogen-bond donors (Lipinski definition) is 2. The van der Waals surface area contributed by atoms with Crippen molar-refractivity contribution in [1.82, 2.24) is 10.2 Å². The largest absolute Gasteiger partial charge is 0.497 e. The van der Waals surface area contributed by atoms with Crippen molar-refractivity contribution >= 4 is 35.1 Å². The van der Waals surface area contributed by atoms with Crippen molar-refractivity contribution in [1.29, 1.82) is 0 Å². The molecule has 1 atom stereocenters. The van der Waals surface area contributed by atoms with E-state index in [2.05, 4.69) is 10.6 Å². The van der Waals surface area contributed by atoms with Crippen LogP contribution in [0.2, 0.25) is 5.02 Å². The number of amides is 4. The minimum atomic E-state index is -1.21. The van der Waals surface area contributed by atoms with Crippen LogP contribution in [0.5, 0.6) is 5.75 Å². The number of rotatable bonds is 6. The predicted molar refractivity (Wildman–Crippen MR) is 110 cm³/mol. The van der Waals surface area contributed by atoms with Gasteiger partial charge >= 0.3 is 6.03 Å². The van der Waals surface area contributed by atoms with E-state index in [1.807, 2.05) is 6.92 Å². The summed E-state index contributed by atoms with van der Waals surface area (Å²) >= 11 is 5.93. The predicted octanol–water partition coefficient (Wildman–Crippen LogP) is 3.45. The van der Waals surface area contributed by atoms with Crippen LogP contribution in [0.15, 0.2) is 42.5 Å². The zero-order valence-corrected chi connectivity index (χ0v) is 17.2. The van der Waals surface area contributed by atoms with E-state index >= 15 is 0 Å². The molecule has 1 aliphatic rings. The van der Waals surface area contributed by atoms with Crippen LogP contribution in [-0.4, -0.2) is 36.4 Å². The average Bonchev–Trinajstić information content (AvgIpc) is 2.95. The number of methoxy groups -OCH3 is 1. The summed E-state index contributed by atoms with van der Waals surface area (Å²) in [6, 6.07) is 11.4. The highest BCUT2D eigenvalue weighted by molar-refractivity contribution is 6.30. The Balaban J connectivity index is 1.79. The Hall–Kier alpha value is -3.06. The van der Waals surface area contributed by atoms with Crippen molar-refractivity contribution in [2.75, 3.05) is 19.0 Å². The lowest BCUT2D eigenvalue weighted by molar-refractivity contribution is -0.134. The first kappa shape index (κ1) is 20.7. The number of aryl methyl sites for hydroxylation is 1. The molecule has 1 aliphatic heterocycles. The van der Waals surface area contributed by atoms with Gasteiger partial charge in [-0.3, -0.25) is 14.5 Å². The van der Waals surface area contributed by atoms with E-state index in [-0.39, 0.29) is 6.54 Å². The van der Waals surface area contributed by atoms with Gasteiger partial charge in [-0.15, -0.1) is 0 Å². The third-order valence-electron chi connectivity index (χ3n) is 5.05. The van der Waals surface area contributed by atoms with Crippen molar-refractivity contribution in [2.45, 2.75) is 25.8 Å². The van der Waals surface area contributed by atoms with Crippen molar-refractivity contribution in [2.24, 2.45) is 0 Å². The minimum absolute atomic E-state index is 0.346. The number of carbonyl (C=O) groups excluding carboxylic acids is 3. The van der Waals surface area contributed by atoms with E-state index in [1.165, 1.54) is 0 Å². The maximum Gasteiger partial charge on any atom is 0.325 e. The second-order valence-corrected chi connectivity index (χ2v) is 7.25. The second-order valence-electron chi connectivity index (χ2n) is 6.82. The molecule has 1 heterocycles. The highest BCUT2D eigenvalue weighted by atomic mass is 35.5. The summed E-state index contributed by atoms with van der Waals surface area (Å²) < 4.78 is 5.15. The molecular weight excluding hydrogens is 394 g/mol. The summed E-state index contributed by atoms with van der Waals surface area (Å²) in [7, 11) is 1.55. The molecule has 0 aromatic heterocycles. The molecule has 4 amide bonds. The van der Waals surface area contributed by atoms with Crippen molar-refractivity contribution in [3.8, 4) is 5.75 Å². The average molecular weight is 416 g/mol. The second kappa shape index (κ2) is 8.13.